The Morgan fingerprint density at radius 2 is 1.32 bits per heavy atom. The number of amides is 7. The molecule has 0 aromatic rings. The van der Waals surface area contributed by atoms with Crippen LogP contribution in [0.3, 0.4) is 0 Å². The minimum Gasteiger partial charge on any atom is -0.379 e. The number of nitrogens with one attached hydrogen (secondary N) is 4. The molecule has 266 valence electrons. The van der Waals surface area contributed by atoms with Crippen LogP contribution in [0.1, 0.15) is 39.5 Å². The standard InChI is InChI=1S/C29H48N6O11S/c1-20(2)26(27(40)33-21(28(41)47)4-3-9-32-29(30)42)34-23(37)8-12-43-14-16-45-18-19-46-17-15-44-13-10-31-22(36)7-11-35-24(38)5-6-25(35)39/h5-6,20-21,26H,3-4,7-19H2,1-2H3,(H,31,36)(H,33,40)(H,34,37)(H,41,47)(H3,30,32,42)/t21-,26-/m0/s1. The molecular weight excluding hydrogens is 640 g/mol. The van der Waals surface area contributed by atoms with Crippen molar-refractivity contribution in [2.24, 2.45) is 11.7 Å². The van der Waals surface area contributed by atoms with Crippen molar-refractivity contribution in [2.45, 2.75) is 51.6 Å². The molecular formula is C29H48N6O11S. The van der Waals surface area contributed by atoms with Gasteiger partial charge in [-0.15, -0.1) is 12.6 Å². The summed E-state index contributed by atoms with van der Waals surface area (Å²) in [6.45, 7) is 6.38. The lowest BCUT2D eigenvalue weighted by Crippen LogP contribution is -2.53. The summed E-state index contributed by atoms with van der Waals surface area (Å²) in [6.07, 6.45) is 3.02. The molecule has 0 bridgehead atoms. The minimum atomic E-state index is -0.883. The van der Waals surface area contributed by atoms with Crippen LogP contribution < -0.4 is 27.0 Å². The summed E-state index contributed by atoms with van der Waals surface area (Å²) in [5.74, 6) is -2.28. The molecule has 0 fully saturated rings. The molecule has 1 aliphatic heterocycles. The molecule has 1 aliphatic rings. The third kappa shape index (κ3) is 19.6. The van der Waals surface area contributed by atoms with Gasteiger partial charge in [-0.1, -0.05) is 13.8 Å². The fraction of sp³-hybridized carbons (Fsp3) is 0.690. The van der Waals surface area contributed by atoms with Crippen molar-refractivity contribution in [3.05, 3.63) is 12.2 Å². The van der Waals surface area contributed by atoms with E-state index in [2.05, 4.69) is 33.9 Å². The normalized spacial score (nSPS) is 13.8. The van der Waals surface area contributed by atoms with Gasteiger partial charge in [0.2, 0.25) is 22.8 Å². The van der Waals surface area contributed by atoms with Gasteiger partial charge in [-0.05, 0) is 18.8 Å². The maximum atomic E-state index is 12.8. The highest BCUT2D eigenvalue weighted by atomic mass is 32.1. The van der Waals surface area contributed by atoms with E-state index in [-0.39, 0.29) is 76.4 Å². The fourth-order valence-corrected chi connectivity index (χ4v) is 4.15. The largest absolute Gasteiger partial charge is 0.379 e. The van der Waals surface area contributed by atoms with Crippen LogP contribution in [0.25, 0.3) is 0 Å². The van der Waals surface area contributed by atoms with Crippen LogP contribution in [0.5, 0.6) is 0 Å². The molecule has 0 spiro atoms. The Kier molecular flexibility index (Phi) is 21.7. The van der Waals surface area contributed by atoms with E-state index in [1.807, 2.05) is 0 Å². The quantitative estimate of drug-likeness (QED) is 0.0327. The van der Waals surface area contributed by atoms with Crippen molar-refractivity contribution in [3.8, 4) is 0 Å². The van der Waals surface area contributed by atoms with Crippen molar-refractivity contribution in [3.63, 3.8) is 0 Å². The number of carbonyl (C=O) groups excluding carboxylic acids is 7. The number of carbonyl (C=O) groups is 7. The lowest BCUT2D eigenvalue weighted by Gasteiger charge is -2.24. The number of ether oxygens (including phenoxy) is 4. The maximum absolute atomic E-state index is 12.8. The molecule has 0 aromatic carbocycles. The highest BCUT2D eigenvalue weighted by Crippen LogP contribution is 2.07. The molecule has 7 amide bonds. The highest BCUT2D eigenvalue weighted by Gasteiger charge is 2.28. The molecule has 0 aromatic heterocycles. The molecule has 0 radical (unpaired) electrons. The molecule has 6 N–H and O–H groups in total. The number of nitrogens with zero attached hydrogens (tertiary/aromatic N) is 1. The first-order valence-corrected chi connectivity index (χ1v) is 15.8. The lowest BCUT2D eigenvalue weighted by molar-refractivity contribution is -0.137. The number of imide groups is 1. The zero-order valence-corrected chi connectivity index (χ0v) is 27.9. The second kappa shape index (κ2) is 24.6. The Balaban J connectivity index is 2.03. The van der Waals surface area contributed by atoms with Crippen LogP contribution in [0, 0.1) is 5.92 Å². The van der Waals surface area contributed by atoms with Gasteiger partial charge in [-0.2, -0.15) is 0 Å². The molecule has 1 heterocycles. The van der Waals surface area contributed by atoms with Gasteiger partial charge in [0.25, 0.3) is 11.8 Å². The van der Waals surface area contributed by atoms with Crippen LogP contribution in [-0.4, -0.2) is 130 Å². The second-order valence-electron chi connectivity index (χ2n) is 10.6. The predicted octanol–water partition coefficient (Wildman–Crippen LogP) is -1.60. The van der Waals surface area contributed by atoms with Gasteiger partial charge in [-0.3, -0.25) is 33.7 Å². The van der Waals surface area contributed by atoms with E-state index < -0.39 is 41.0 Å². The molecule has 0 saturated carbocycles. The number of urea groups is 1. The van der Waals surface area contributed by atoms with Crippen LogP contribution in [0.4, 0.5) is 4.79 Å². The Morgan fingerprint density at radius 3 is 1.85 bits per heavy atom. The van der Waals surface area contributed by atoms with Crippen LogP contribution in [-0.2, 0) is 47.7 Å². The van der Waals surface area contributed by atoms with Crippen molar-refractivity contribution in [2.75, 3.05) is 72.5 Å². The average molecular weight is 689 g/mol. The number of rotatable bonds is 27. The van der Waals surface area contributed by atoms with E-state index >= 15 is 0 Å². The molecule has 0 unspecified atom stereocenters. The van der Waals surface area contributed by atoms with Crippen molar-refractivity contribution < 1.29 is 52.5 Å². The Hall–Kier alpha value is -3.58. The van der Waals surface area contributed by atoms with Gasteiger partial charge in [0.1, 0.15) is 6.04 Å². The van der Waals surface area contributed by atoms with Gasteiger partial charge in [0.05, 0.1) is 58.9 Å². The molecule has 17 nitrogen and oxygen atoms in total. The second-order valence-corrected chi connectivity index (χ2v) is 11.0. The molecule has 0 saturated heterocycles. The predicted molar refractivity (Wildman–Crippen MR) is 171 cm³/mol. The molecule has 0 aliphatic carbocycles. The fourth-order valence-electron chi connectivity index (χ4n) is 3.96. The number of nitrogens with two attached hydrogens (primary N) is 1. The summed E-state index contributed by atoms with van der Waals surface area (Å²) in [5, 5.41) is 9.79. The van der Waals surface area contributed by atoms with E-state index in [0.29, 0.717) is 39.5 Å². The third-order valence-electron chi connectivity index (χ3n) is 6.47. The van der Waals surface area contributed by atoms with Crippen molar-refractivity contribution >= 4 is 53.3 Å². The smallest absolute Gasteiger partial charge is 0.312 e. The minimum absolute atomic E-state index is 0.0205. The monoisotopic (exact) mass is 688 g/mol. The van der Waals surface area contributed by atoms with Crippen LogP contribution in [0.2, 0.25) is 0 Å². The Morgan fingerprint density at radius 1 is 0.766 bits per heavy atom. The summed E-state index contributed by atoms with van der Waals surface area (Å²) in [4.78, 5) is 83.5. The third-order valence-corrected chi connectivity index (χ3v) is 6.78. The summed E-state index contributed by atoms with van der Waals surface area (Å²) in [5.41, 5.74) is 5.01. The van der Waals surface area contributed by atoms with Gasteiger partial charge < -0.3 is 45.9 Å². The first kappa shape index (κ1) is 41.4. The van der Waals surface area contributed by atoms with Crippen molar-refractivity contribution in [1.29, 1.82) is 0 Å². The Bertz CT molecular complexity index is 1060. The molecule has 47 heavy (non-hydrogen) atoms. The summed E-state index contributed by atoms with van der Waals surface area (Å²) in [6, 6.07) is -2.44. The summed E-state index contributed by atoms with van der Waals surface area (Å²) < 4.78 is 21.6. The van der Waals surface area contributed by atoms with Gasteiger partial charge in [-0.25, -0.2) is 4.79 Å². The maximum Gasteiger partial charge on any atom is 0.312 e. The number of thiol groups is 1. The topological polar surface area (TPSA) is 234 Å². The van der Waals surface area contributed by atoms with E-state index in [1.54, 1.807) is 13.8 Å². The van der Waals surface area contributed by atoms with E-state index in [1.165, 1.54) is 12.2 Å². The van der Waals surface area contributed by atoms with Gasteiger partial charge in [0, 0.05) is 44.6 Å². The van der Waals surface area contributed by atoms with Crippen LogP contribution >= 0.6 is 12.6 Å². The van der Waals surface area contributed by atoms with E-state index in [4.69, 9.17) is 24.7 Å². The number of primary amides is 1. The van der Waals surface area contributed by atoms with Crippen molar-refractivity contribution in [1.82, 2.24) is 26.2 Å². The van der Waals surface area contributed by atoms with Crippen LogP contribution in [0.15, 0.2) is 12.2 Å². The summed E-state index contributed by atoms with van der Waals surface area (Å²) >= 11 is 3.82. The SMILES string of the molecule is CC(C)[C@H](NC(=O)CCOCCOCCOCCOCCNC(=O)CCN1C(=O)C=CC1=O)C(=O)N[C@@H](CCCNC(N)=O)C(=O)S. The van der Waals surface area contributed by atoms with Gasteiger partial charge in [0.15, 0.2) is 0 Å². The highest BCUT2D eigenvalue weighted by molar-refractivity contribution is 7.96. The number of hydrogen-bond donors (Lipinski definition) is 6. The summed E-state index contributed by atoms with van der Waals surface area (Å²) in [7, 11) is 0. The molecule has 2 atom stereocenters. The average Bonchev–Trinajstić information content (AvgIpc) is 3.33. The zero-order chi connectivity index (χ0) is 35.0. The van der Waals surface area contributed by atoms with E-state index in [0.717, 1.165) is 4.90 Å². The first-order chi connectivity index (χ1) is 22.4. The number of hydrogen-bond acceptors (Lipinski definition) is 11. The lowest BCUT2D eigenvalue weighted by atomic mass is 10.0. The van der Waals surface area contributed by atoms with Gasteiger partial charge >= 0.3 is 6.03 Å². The molecule has 18 heteroatoms. The zero-order valence-electron chi connectivity index (χ0n) is 27.0. The first-order valence-electron chi connectivity index (χ1n) is 15.4. The Labute approximate surface area is 279 Å². The molecule has 1 rings (SSSR count). The van der Waals surface area contributed by atoms with E-state index in [9.17, 15) is 33.6 Å².